The molecule has 0 aromatic heterocycles. The molecule has 1 aliphatic rings. The Hall–Kier alpha value is -1.35. The minimum absolute atomic E-state index is 0.000746. The van der Waals surface area contributed by atoms with Crippen LogP contribution >= 0.6 is 23.2 Å². The van der Waals surface area contributed by atoms with Gasteiger partial charge in [0.25, 0.3) is 0 Å². The molecule has 3 rings (SSSR count). The molecule has 1 fully saturated rings. The zero-order chi connectivity index (χ0) is 15.7. The first-order valence-electron chi connectivity index (χ1n) is 7.34. The van der Waals surface area contributed by atoms with Crippen molar-refractivity contribution in [1.82, 2.24) is 5.32 Å². The van der Waals surface area contributed by atoms with Crippen LogP contribution in [0.5, 0.6) is 0 Å². The molecule has 0 spiro atoms. The Morgan fingerprint density at radius 1 is 0.909 bits per heavy atom. The Bertz CT molecular complexity index is 666. The quantitative estimate of drug-likeness (QED) is 0.840. The smallest absolute Gasteiger partial charge is 0.139 e. The molecule has 4 heteroatoms. The van der Waals surface area contributed by atoms with E-state index in [1.165, 1.54) is 0 Å². The van der Waals surface area contributed by atoms with Gasteiger partial charge in [0.05, 0.1) is 0 Å². The van der Waals surface area contributed by atoms with E-state index in [0.29, 0.717) is 16.5 Å². The highest BCUT2D eigenvalue weighted by Gasteiger charge is 2.34. The van der Waals surface area contributed by atoms with Crippen LogP contribution in [0.1, 0.15) is 36.6 Å². The molecular formula is C18H17Cl2NO. The van der Waals surface area contributed by atoms with Crippen molar-refractivity contribution in [3.63, 3.8) is 0 Å². The van der Waals surface area contributed by atoms with Crippen LogP contribution in [0, 0.1) is 5.92 Å². The van der Waals surface area contributed by atoms with Crippen LogP contribution in [0.4, 0.5) is 0 Å². The molecule has 1 N–H and O–H groups in total. The molecule has 2 nitrogen and oxygen atoms in total. The Labute approximate surface area is 140 Å². The van der Waals surface area contributed by atoms with Crippen molar-refractivity contribution in [1.29, 1.82) is 0 Å². The summed E-state index contributed by atoms with van der Waals surface area (Å²) in [6.45, 7) is 1.98. The zero-order valence-electron chi connectivity index (χ0n) is 12.2. The van der Waals surface area contributed by atoms with Crippen molar-refractivity contribution in [3.8, 4) is 0 Å². The van der Waals surface area contributed by atoms with Crippen LogP contribution in [0.15, 0.2) is 48.5 Å². The van der Waals surface area contributed by atoms with Gasteiger partial charge in [-0.15, -0.1) is 0 Å². The fraction of sp³-hybridized carbons (Fsp3) is 0.278. The summed E-state index contributed by atoms with van der Waals surface area (Å²) < 4.78 is 0. The maximum absolute atomic E-state index is 12.4. The molecule has 3 atom stereocenters. The predicted molar refractivity (Wildman–Crippen MR) is 90.3 cm³/mol. The van der Waals surface area contributed by atoms with E-state index in [4.69, 9.17) is 23.2 Å². The summed E-state index contributed by atoms with van der Waals surface area (Å²) in [5.74, 6) is 0.225. The molecular weight excluding hydrogens is 317 g/mol. The topological polar surface area (TPSA) is 29.1 Å². The van der Waals surface area contributed by atoms with E-state index < -0.39 is 0 Å². The number of halogens is 2. The average molecular weight is 334 g/mol. The Morgan fingerprint density at radius 2 is 1.41 bits per heavy atom. The predicted octanol–water partition coefficient (Wildman–Crippen LogP) is 4.97. The zero-order valence-corrected chi connectivity index (χ0v) is 13.7. The summed E-state index contributed by atoms with van der Waals surface area (Å²) in [5.41, 5.74) is 2.17. The van der Waals surface area contributed by atoms with Crippen molar-refractivity contribution < 1.29 is 4.79 Å². The molecule has 0 radical (unpaired) electrons. The Balaban J connectivity index is 1.88. The molecule has 0 aliphatic carbocycles. The second-order valence-electron chi connectivity index (χ2n) is 5.76. The molecule has 0 saturated carbocycles. The number of hydrogen-bond acceptors (Lipinski definition) is 2. The number of ketones is 1. The molecule has 22 heavy (non-hydrogen) atoms. The van der Waals surface area contributed by atoms with E-state index in [9.17, 15) is 4.79 Å². The molecule has 1 aliphatic heterocycles. The largest absolute Gasteiger partial charge is 0.302 e. The molecule has 1 heterocycles. The van der Waals surface area contributed by atoms with Crippen LogP contribution in [0.3, 0.4) is 0 Å². The Morgan fingerprint density at radius 3 is 1.95 bits per heavy atom. The lowest BCUT2D eigenvalue weighted by Crippen LogP contribution is -2.41. The molecule has 0 bridgehead atoms. The maximum Gasteiger partial charge on any atom is 0.139 e. The second kappa shape index (κ2) is 6.41. The third kappa shape index (κ3) is 3.19. The van der Waals surface area contributed by atoms with Gasteiger partial charge < -0.3 is 5.32 Å². The van der Waals surface area contributed by atoms with Crippen molar-refractivity contribution >= 4 is 29.0 Å². The van der Waals surface area contributed by atoms with Gasteiger partial charge >= 0.3 is 0 Å². The maximum atomic E-state index is 12.4. The third-order valence-corrected chi connectivity index (χ3v) is 4.80. The minimum atomic E-state index is -0.0512. The van der Waals surface area contributed by atoms with Crippen molar-refractivity contribution in [2.45, 2.75) is 25.4 Å². The van der Waals surface area contributed by atoms with Crippen LogP contribution in [0.2, 0.25) is 10.0 Å². The number of carbonyl (C=O) groups is 1. The van der Waals surface area contributed by atoms with Gasteiger partial charge in [-0.25, -0.2) is 0 Å². The van der Waals surface area contributed by atoms with E-state index in [0.717, 1.165) is 11.1 Å². The number of carbonyl (C=O) groups excluding carboxylic acids is 1. The highest BCUT2D eigenvalue weighted by atomic mass is 35.5. The Kier molecular flexibility index (Phi) is 4.53. The number of Topliss-reactive ketones (excluding diaryl/α,β-unsaturated/α-hetero) is 1. The van der Waals surface area contributed by atoms with Gasteiger partial charge in [-0.3, -0.25) is 4.79 Å². The van der Waals surface area contributed by atoms with Crippen LogP contribution in [0.25, 0.3) is 0 Å². The monoisotopic (exact) mass is 333 g/mol. The number of nitrogens with one attached hydrogen (secondary N) is 1. The standard InChI is InChI=1S/C18H17Cl2NO/c1-11-17(22)10-16(12-2-6-14(19)7-3-12)21-18(11)13-4-8-15(20)9-5-13/h2-9,11,16,18,21H,10H2,1H3/t11-,16+,18+/m0/s1. The van der Waals surface area contributed by atoms with Gasteiger partial charge in [0, 0.05) is 34.5 Å². The van der Waals surface area contributed by atoms with Crippen LogP contribution in [-0.2, 0) is 4.79 Å². The lowest BCUT2D eigenvalue weighted by atomic mass is 9.82. The number of hydrogen-bond donors (Lipinski definition) is 1. The number of piperidine rings is 1. The SMILES string of the molecule is C[C@H]1C(=O)C[C@H](c2ccc(Cl)cc2)N[C@H]1c1ccc(Cl)cc1. The molecule has 0 unspecified atom stereocenters. The van der Waals surface area contributed by atoms with E-state index >= 15 is 0 Å². The van der Waals surface area contributed by atoms with E-state index in [1.807, 2.05) is 55.5 Å². The summed E-state index contributed by atoms with van der Waals surface area (Å²) in [6.07, 6.45) is 0.507. The lowest BCUT2D eigenvalue weighted by molar-refractivity contribution is -0.126. The van der Waals surface area contributed by atoms with Crippen LogP contribution in [-0.4, -0.2) is 5.78 Å². The summed E-state index contributed by atoms with van der Waals surface area (Å²) in [5, 5.41) is 5.00. The molecule has 1 saturated heterocycles. The number of benzene rings is 2. The summed E-state index contributed by atoms with van der Waals surface area (Å²) in [4.78, 5) is 12.4. The highest BCUT2D eigenvalue weighted by Crippen LogP contribution is 2.35. The van der Waals surface area contributed by atoms with E-state index in [1.54, 1.807) is 0 Å². The van der Waals surface area contributed by atoms with Gasteiger partial charge in [0.2, 0.25) is 0 Å². The third-order valence-electron chi connectivity index (χ3n) is 4.30. The highest BCUT2D eigenvalue weighted by molar-refractivity contribution is 6.30. The van der Waals surface area contributed by atoms with Crippen LogP contribution < -0.4 is 5.32 Å². The van der Waals surface area contributed by atoms with Gasteiger partial charge in [-0.05, 0) is 35.4 Å². The first kappa shape index (κ1) is 15.5. The van der Waals surface area contributed by atoms with E-state index in [2.05, 4.69) is 5.32 Å². The normalized spacial score (nSPS) is 25.2. The second-order valence-corrected chi connectivity index (χ2v) is 6.63. The fourth-order valence-corrected chi connectivity index (χ4v) is 3.21. The van der Waals surface area contributed by atoms with Crippen molar-refractivity contribution in [2.24, 2.45) is 5.92 Å². The molecule has 2 aromatic carbocycles. The average Bonchev–Trinajstić information content (AvgIpc) is 2.52. The minimum Gasteiger partial charge on any atom is -0.302 e. The van der Waals surface area contributed by atoms with Crippen molar-refractivity contribution in [2.75, 3.05) is 0 Å². The first-order valence-corrected chi connectivity index (χ1v) is 8.10. The molecule has 114 valence electrons. The van der Waals surface area contributed by atoms with Gasteiger partial charge in [-0.2, -0.15) is 0 Å². The summed E-state index contributed by atoms with van der Waals surface area (Å²) in [7, 11) is 0. The lowest BCUT2D eigenvalue weighted by Gasteiger charge is -2.35. The number of rotatable bonds is 2. The van der Waals surface area contributed by atoms with Gasteiger partial charge in [-0.1, -0.05) is 54.4 Å². The molecule has 0 amide bonds. The van der Waals surface area contributed by atoms with Gasteiger partial charge in [0.15, 0.2) is 0 Å². The fourth-order valence-electron chi connectivity index (χ4n) is 2.96. The molecule has 2 aromatic rings. The summed E-state index contributed by atoms with van der Waals surface area (Å²) >= 11 is 11.9. The van der Waals surface area contributed by atoms with Gasteiger partial charge in [0.1, 0.15) is 5.78 Å². The first-order chi connectivity index (χ1) is 10.5. The summed E-state index contributed by atoms with van der Waals surface area (Å²) in [6, 6.07) is 15.4. The van der Waals surface area contributed by atoms with E-state index in [-0.39, 0.29) is 23.8 Å². The van der Waals surface area contributed by atoms with Crippen molar-refractivity contribution in [3.05, 3.63) is 69.7 Å².